The van der Waals surface area contributed by atoms with E-state index in [-0.39, 0.29) is 12.2 Å². The van der Waals surface area contributed by atoms with Crippen LogP contribution in [0.2, 0.25) is 0 Å². The molecule has 3 aliphatic heterocycles. The summed E-state index contributed by atoms with van der Waals surface area (Å²) in [4.78, 5) is 0. The predicted octanol–water partition coefficient (Wildman–Crippen LogP) is -0.616. The first-order chi connectivity index (χ1) is 11.3. The molecule has 0 radical (unpaired) electrons. The molecule has 8 nitrogen and oxygen atoms in total. The van der Waals surface area contributed by atoms with E-state index < -0.39 is 55.1 Å². The Labute approximate surface area is 141 Å². The second-order valence-electron chi connectivity index (χ2n) is 7.02. The van der Waals surface area contributed by atoms with Crippen LogP contribution in [0.5, 0.6) is 0 Å². The van der Waals surface area contributed by atoms with Gasteiger partial charge in [-0.2, -0.15) is 0 Å². The highest BCUT2D eigenvalue weighted by molar-refractivity contribution is 4.94. The quantitative estimate of drug-likeness (QED) is 0.606. The van der Waals surface area contributed by atoms with E-state index in [2.05, 4.69) is 0 Å². The molecule has 11 atom stereocenters. The molecule has 0 aromatic rings. The van der Waals surface area contributed by atoms with E-state index in [0.29, 0.717) is 6.61 Å². The molecule has 3 fully saturated rings. The summed E-state index contributed by atoms with van der Waals surface area (Å²) < 4.78 is 28.4. The van der Waals surface area contributed by atoms with E-state index in [1.54, 1.807) is 27.7 Å². The van der Waals surface area contributed by atoms with Crippen molar-refractivity contribution >= 4 is 0 Å². The van der Waals surface area contributed by atoms with Crippen LogP contribution >= 0.6 is 0 Å². The lowest BCUT2D eigenvalue weighted by molar-refractivity contribution is -0.364. The zero-order valence-corrected chi connectivity index (χ0v) is 14.4. The third-order valence-electron chi connectivity index (χ3n) is 5.17. The molecule has 5 unspecified atom stereocenters. The molecule has 24 heavy (non-hydrogen) atoms. The van der Waals surface area contributed by atoms with Crippen LogP contribution in [-0.2, 0) is 23.7 Å². The zero-order valence-electron chi connectivity index (χ0n) is 14.4. The number of hydrogen-bond acceptors (Lipinski definition) is 8. The number of hydrogen-bond donors (Lipinski definition) is 3. The molecule has 0 aromatic heterocycles. The largest absolute Gasteiger partial charge is 0.390 e. The van der Waals surface area contributed by atoms with Crippen molar-refractivity contribution in [1.82, 2.24) is 0 Å². The smallest absolute Gasteiger partial charge is 0.163 e. The summed E-state index contributed by atoms with van der Waals surface area (Å²) in [5.74, 6) is -0.368. The van der Waals surface area contributed by atoms with Crippen LogP contribution in [0.1, 0.15) is 27.7 Å². The predicted molar refractivity (Wildman–Crippen MR) is 81.0 cm³/mol. The van der Waals surface area contributed by atoms with Gasteiger partial charge in [0.2, 0.25) is 0 Å². The van der Waals surface area contributed by atoms with Crippen molar-refractivity contribution in [2.24, 2.45) is 5.92 Å². The SMILES string of the molecule is CC1OCC2O[C@@H](O[C@@H]3C(C)O[C@@H](C)C(O)[C@@H]3O)C(C)[C@@H](O)[C@@H]2O1. The van der Waals surface area contributed by atoms with Crippen LogP contribution in [0, 0.1) is 5.92 Å². The minimum absolute atomic E-state index is 0.300. The first-order valence-electron chi connectivity index (χ1n) is 8.57. The Hall–Kier alpha value is -0.320. The van der Waals surface area contributed by atoms with Gasteiger partial charge in [-0.15, -0.1) is 0 Å². The average molecular weight is 348 g/mol. The average Bonchev–Trinajstić information content (AvgIpc) is 2.54. The molecular weight excluding hydrogens is 320 g/mol. The molecule has 3 heterocycles. The third kappa shape index (κ3) is 3.34. The van der Waals surface area contributed by atoms with Gasteiger partial charge in [-0.3, -0.25) is 0 Å². The number of aliphatic hydroxyl groups is 3. The van der Waals surface area contributed by atoms with Gasteiger partial charge in [0.05, 0.1) is 24.9 Å². The van der Waals surface area contributed by atoms with E-state index >= 15 is 0 Å². The highest BCUT2D eigenvalue weighted by Crippen LogP contribution is 2.34. The zero-order chi connectivity index (χ0) is 17.6. The van der Waals surface area contributed by atoms with Crippen molar-refractivity contribution in [3.63, 3.8) is 0 Å². The molecule has 0 spiro atoms. The van der Waals surface area contributed by atoms with Gasteiger partial charge in [0.15, 0.2) is 12.6 Å². The molecule has 0 aliphatic carbocycles. The minimum atomic E-state index is -1.09. The summed E-state index contributed by atoms with van der Waals surface area (Å²) in [6.07, 6.45) is -6.61. The number of ether oxygens (including phenoxy) is 5. The van der Waals surface area contributed by atoms with Gasteiger partial charge in [-0.05, 0) is 20.8 Å². The van der Waals surface area contributed by atoms with Crippen LogP contribution in [-0.4, -0.2) is 83.3 Å². The third-order valence-corrected chi connectivity index (χ3v) is 5.17. The summed E-state index contributed by atoms with van der Waals surface area (Å²) in [5, 5.41) is 30.9. The Morgan fingerprint density at radius 1 is 0.833 bits per heavy atom. The van der Waals surface area contributed by atoms with Gasteiger partial charge in [0.1, 0.15) is 30.5 Å². The van der Waals surface area contributed by atoms with Crippen LogP contribution in [0.15, 0.2) is 0 Å². The van der Waals surface area contributed by atoms with Crippen molar-refractivity contribution in [1.29, 1.82) is 0 Å². The van der Waals surface area contributed by atoms with Gasteiger partial charge in [-0.1, -0.05) is 6.92 Å². The standard InChI is InChI=1S/C16H28O8/c1-6-11(17)15-10(5-20-9(4)22-15)23-16(6)24-14-8(3)21-7(2)12(18)13(14)19/h6-19H,5H2,1-4H3/t6?,7-,8?,9?,10?,11+,12?,13-,14+,15+,16-/m0/s1. The molecule has 0 aromatic carbocycles. The molecule has 3 rings (SSSR count). The number of rotatable bonds is 2. The monoisotopic (exact) mass is 348 g/mol. The van der Waals surface area contributed by atoms with Gasteiger partial charge in [-0.25, -0.2) is 0 Å². The summed E-state index contributed by atoms with van der Waals surface area (Å²) in [7, 11) is 0. The minimum Gasteiger partial charge on any atom is -0.390 e. The van der Waals surface area contributed by atoms with Gasteiger partial charge < -0.3 is 39.0 Å². The van der Waals surface area contributed by atoms with Gasteiger partial charge in [0, 0.05) is 5.92 Å². The lowest BCUT2D eigenvalue weighted by Crippen LogP contribution is -2.63. The van der Waals surface area contributed by atoms with E-state index in [0.717, 1.165) is 0 Å². The Balaban J connectivity index is 1.68. The molecule has 0 bridgehead atoms. The highest BCUT2D eigenvalue weighted by atomic mass is 16.8. The lowest BCUT2D eigenvalue weighted by Gasteiger charge is -2.48. The Morgan fingerprint density at radius 3 is 2.25 bits per heavy atom. The van der Waals surface area contributed by atoms with Crippen molar-refractivity contribution in [2.45, 2.75) is 89.1 Å². The molecule has 3 aliphatic rings. The van der Waals surface area contributed by atoms with Crippen molar-refractivity contribution in [3.8, 4) is 0 Å². The van der Waals surface area contributed by atoms with E-state index in [1.165, 1.54) is 0 Å². The fraction of sp³-hybridized carbons (Fsp3) is 1.00. The van der Waals surface area contributed by atoms with Crippen molar-refractivity contribution in [2.75, 3.05) is 6.61 Å². The van der Waals surface area contributed by atoms with E-state index in [4.69, 9.17) is 23.7 Å². The van der Waals surface area contributed by atoms with Gasteiger partial charge >= 0.3 is 0 Å². The Kier molecular flexibility index (Phi) is 5.48. The maximum atomic E-state index is 10.5. The molecule has 3 saturated heterocycles. The van der Waals surface area contributed by atoms with Crippen molar-refractivity contribution < 1.29 is 39.0 Å². The van der Waals surface area contributed by atoms with Crippen molar-refractivity contribution in [3.05, 3.63) is 0 Å². The molecule has 0 amide bonds. The first kappa shape index (κ1) is 18.5. The first-order valence-corrected chi connectivity index (χ1v) is 8.57. The maximum absolute atomic E-state index is 10.5. The number of aliphatic hydroxyl groups excluding tert-OH is 3. The Bertz CT molecular complexity index is 432. The fourth-order valence-corrected chi connectivity index (χ4v) is 3.60. The molecule has 140 valence electrons. The fourth-order valence-electron chi connectivity index (χ4n) is 3.60. The van der Waals surface area contributed by atoms with Crippen LogP contribution in [0.3, 0.4) is 0 Å². The summed E-state index contributed by atoms with van der Waals surface area (Å²) in [6, 6.07) is 0. The van der Waals surface area contributed by atoms with E-state index in [1.807, 2.05) is 0 Å². The maximum Gasteiger partial charge on any atom is 0.163 e. The molecule has 3 N–H and O–H groups in total. The molecule has 8 heteroatoms. The second kappa shape index (κ2) is 7.13. The van der Waals surface area contributed by atoms with Crippen LogP contribution < -0.4 is 0 Å². The highest BCUT2D eigenvalue weighted by Gasteiger charge is 2.50. The number of fused-ring (bicyclic) bond motifs is 1. The molecule has 0 saturated carbocycles. The topological polar surface area (TPSA) is 107 Å². The van der Waals surface area contributed by atoms with Gasteiger partial charge in [0.25, 0.3) is 0 Å². The summed E-state index contributed by atoms with van der Waals surface area (Å²) in [5.41, 5.74) is 0. The summed E-state index contributed by atoms with van der Waals surface area (Å²) in [6.45, 7) is 7.35. The Morgan fingerprint density at radius 2 is 1.54 bits per heavy atom. The van der Waals surface area contributed by atoms with Crippen LogP contribution in [0.4, 0.5) is 0 Å². The molecular formula is C16H28O8. The normalized spacial score (nSPS) is 55.9. The second-order valence-corrected chi connectivity index (χ2v) is 7.02. The van der Waals surface area contributed by atoms with E-state index in [9.17, 15) is 15.3 Å². The summed E-state index contributed by atoms with van der Waals surface area (Å²) >= 11 is 0. The lowest BCUT2D eigenvalue weighted by atomic mass is 9.91. The van der Waals surface area contributed by atoms with Crippen LogP contribution in [0.25, 0.3) is 0 Å².